The first-order valence-corrected chi connectivity index (χ1v) is 6.12. The van der Waals surface area contributed by atoms with Gasteiger partial charge in [0.25, 0.3) is 0 Å². The van der Waals surface area contributed by atoms with E-state index in [0.717, 1.165) is 29.9 Å². The number of hydrogen-bond donors (Lipinski definition) is 1. The van der Waals surface area contributed by atoms with Crippen molar-refractivity contribution >= 4 is 17.2 Å². The highest BCUT2D eigenvalue weighted by Crippen LogP contribution is 2.20. The summed E-state index contributed by atoms with van der Waals surface area (Å²) in [6.07, 6.45) is 5.73. The molecule has 0 saturated heterocycles. The Morgan fingerprint density at radius 2 is 2.28 bits per heavy atom. The van der Waals surface area contributed by atoms with Crippen LogP contribution in [0.4, 0.5) is 0 Å². The van der Waals surface area contributed by atoms with Crippen LogP contribution in [0.1, 0.15) is 25.5 Å². The van der Waals surface area contributed by atoms with Crippen LogP contribution in [0.15, 0.2) is 40.8 Å². The van der Waals surface area contributed by atoms with Crippen LogP contribution in [-0.4, -0.2) is 20.9 Å². The van der Waals surface area contributed by atoms with E-state index in [0.29, 0.717) is 11.8 Å². The molecule has 1 aliphatic heterocycles. The fourth-order valence-corrected chi connectivity index (χ4v) is 2.25. The van der Waals surface area contributed by atoms with E-state index >= 15 is 0 Å². The number of amidine groups is 1. The molecule has 3 heterocycles. The maximum Gasteiger partial charge on any atom is 0.137 e. The van der Waals surface area contributed by atoms with E-state index in [1.54, 1.807) is 0 Å². The Labute approximate surface area is 105 Å². The molecule has 0 bridgehead atoms. The van der Waals surface area contributed by atoms with Crippen molar-refractivity contribution in [3.63, 3.8) is 0 Å². The van der Waals surface area contributed by atoms with Gasteiger partial charge in [-0.3, -0.25) is 0 Å². The highest BCUT2D eigenvalue weighted by molar-refractivity contribution is 6.04. The molecule has 0 amide bonds. The van der Waals surface area contributed by atoms with Gasteiger partial charge in [0.15, 0.2) is 0 Å². The molecule has 0 spiro atoms. The van der Waals surface area contributed by atoms with Gasteiger partial charge >= 0.3 is 0 Å². The molecule has 1 aliphatic rings. The average Bonchev–Trinajstić information content (AvgIpc) is 2.82. The SMILES string of the molecule is CCC1CC(N)=NN=C1c1cn2ccccc2n1. The number of imidazole rings is 1. The first-order valence-electron chi connectivity index (χ1n) is 6.12. The standard InChI is InChI=1S/C13H15N5/c1-2-9-7-11(14)16-17-13(9)10-8-18-6-4-3-5-12(18)15-10/h3-6,8-9H,2,7H2,1H3,(H2,14,16). The van der Waals surface area contributed by atoms with Gasteiger partial charge in [0, 0.05) is 24.7 Å². The molecule has 0 aliphatic carbocycles. The zero-order valence-corrected chi connectivity index (χ0v) is 10.2. The van der Waals surface area contributed by atoms with Gasteiger partial charge in [0.2, 0.25) is 0 Å². The highest BCUT2D eigenvalue weighted by Gasteiger charge is 2.23. The van der Waals surface area contributed by atoms with Crippen molar-refractivity contribution in [3.8, 4) is 0 Å². The zero-order valence-electron chi connectivity index (χ0n) is 10.2. The largest absolute Gasteiger partial charge is 0.386 e. The Hall–Kier alpha value is -2.17. The van der Waals surface area contributed by atoms with E-state index < -0.39 is 0 Å². The molecule has 92 valence electrons. The third-order valence-electron chi connectivity index (χ3n) is 3.25. The minimum atomic E-state index is 0.312. The van der Waals surface area contributed by atoms with Crippen LogP contribution < -0.4 is 5.73 Å². The molecule has 3 rings (SSSR count). The second-order valence-corrected chi connectivity index (χ2v) is 4.48. The smallest absolute Gasteiger partial charge is 0.137 e. The number of aromatic nitrogens is 2. The van der Waals surface area contributed by atoms with Crippen LogP contribution in [0.3, 0.4) is 0 Å². The Morgan fingerprint density at radius 3 is 3.06 bits per heavy atom. The quantitative estimate of drug-likeness (QED) is 0.871. The first kappa shape index (κ1) is 11.0. The van der Waals surface area contributed by atoms with Crippen LogP contribution >= 0.6 is 0 Å². The monoisotopic (exact) mass is 241 g/mol. The van der Waals surface area contributed by atoms with E-state index in [1.165, 1.54) is 0 Å². The Morgan fingerprint density at radius 1 is 1.39 bits per heavy atom. The summed E-state index contributed by atoms with van der Waals surface area (Å²) >= 11 is 0. The number of rotatable bonds is 2. The van der Waals surface area contributed by atoms with Gasteiger partial charge in [-0.15, -0.1) is 5.10 Å². The second kappa shape index (κ2) is 4.25. The van der Waals surface area contributed by atoms with Crippen molar-refractivity contribution in [2.24, 2.45) is 21.9 Å². The number of nitrogens with two attached hydrogens (primary N) is 1. The van der Waals surface area contributed by atoms with Crippen LogP contribution in [0.2, 0.25) is 0 Å². The Bertz CT molecular complexity index is 605. The maximum atomic E-state index is 5.73. The highest BCUT2D eigenvalue weighted by atomic mass is 15.2. The molecular formula is C13H15N5. The minimum Gasteiger partial charge on any atom is -0.386 e. The number of hydrogen-bond acceptors (Lipinski definition) is 4. The molecule has 2 aromatic heterocycles. The number of pyridine rings is 1. The molecule has 1 atom stereocenters. The summed E-state index contributed by atoms with van der Waals surface area (Å²) in [7, 11) is 0. The van der Waals surface area contributed by atoms with Gasteiger partial charge in [-0.2, -0.15) is 5.10 Å². The number of nitrogens with zero attached hydrogens (tertiary/aromatic N) is 4. The summed E-state index contributed by atoms with van der Waals surface area (Å²) in [5.41, 5.74) is 8.49. The normalized spacial score (nSPS) is 19.7. The summed E-state index contributed by atoms with van der Waals surface area (Å²) in [5.74, 6) is 0.918. The maximum absolute atomic E-state index is 5.73. The molecule has 2 aromatic rings. The molecule has 0 radical (unpaired) electrons. The van der Waals surface area contributed by atoms with Crippen LogP contribution in [-0.2, 0) is 0 Å². The Kier molecular flexibility index (Phi) is 2.59. The summed E-state index contributed by atoms with van der Waals surface area (Å²) in [4.78, 5) is 4.58. The molecule has 5 nitrogen and oxygen atoms in total. The molecular weight excluding hydrogens is 226 g/mol. The average molecular weight is 241 g/mol. The van der Waals surface area contributed by atoms with E-state index in [9.17, 15) is 0 Å². The zero-order chi connectivity index (χ0) is 12.5. The molecule has 2 N–H and O–H groups in total. The molecule has 0 saturated carbocycles. The lowest BCUT2D eigenvalue weighted by Gasteiger charge is -2.17. The fourth-order valence-electron chi connectivity index (χ4n) is 2.25. The minimum absolute atomic E-state index is 0.312. The van der Waals surface area contributed by atoms with Crippen LogP contribution in [0.25, 0.3) is 5.65 Å². The van der Waals surface area contributed by atoms with Gasteiger partial charge in [-0.1, -0.05) is 13.0 Å². The first-order chi connectivity index (χ1) is 8.78. The summed E-state index contributed by atoms with van der Waals surface area (Å²) < 4.78 is 1.99. The van der Waals surface area contributed by atoms with Crippen molar-refractivity contribution in [1.29, 1.82) is 0 Å². The summed E-state index contributed by atoms with van der Waals surface area (Å²) in [6.45, 7) is 2.13. The third-order valence-corrected chi connectivity index (χ3v) is 3.25. The van der Waals surface area contributed by atoms with Crippen molar-refractivity contribution in [1.82, 2.24) is 9.38 Å². The summed E-state index contributed by atoms with van der Waals surface area (Å²) in [5, 5.41) is 8.22. The van der Waals surface area contributed by atoms with E-state index in [2.05, 4.69) is 22.1 Å². The van der Waals surface area contributed by atoms with Crippen LogP contribution in [0.5, 0.6) is 0 Å². The van der Waals surface area contributed by atoms with Crippen molar-refractivity contribution in [2.75, 3.05) is 0 Å². The van der Waals surface area contributed by atoms with Crippen molar-refractivity contribution < 1.29 is 0 Å². The van der Waals surface area contributed by atoms with Gasteiger partial charge in [0.1, 0.15) is 17.2 Å². The predicted molar refractivity (Wildman–Crippen MR) is 71.7 cm³/mol. The molecule has 5 heteroatoms. The third kappa shape index (κ3) is 1.77. The topological polar surface area (TPSA) is 68.0 Å². The van der Waals surface area contributed by atoms with Gasteiger partial charge < -0.3 is 10.1 Å². The van der Waals surface area contributed by atoms with Gasteiger partial charge in [-0.25, -0.2) is 4.98 Å². The lowest BCUT2D eigenvalue weighted by molar-refractivity contribution is 0.675. The lowest BCUT2D eigenvalue weighted by atomic mass is 9.93. The second-order valence-electron chi connectivity index (χ2n) is 4.48. The van der Waals surface area contributed by atoms with Crippen molar-refractivity contribution in [2.45, 2.75) is 19.8 Å². The predicted octanol–water partition coefficient (Wildman–Crippen LogP) is 1.83. The molecule has 1 unspecified atom stereocenters. The Balaban J connectivity index is 2.07. The molecule has 18 heavy (non-hydrogen) atoms. The van der Waals surface area contributed by atoms with Crippen LogP contribution in [0, 0.1) is 5.92 Å². The van der Waals surface area contributed by atoms with E-state index in [1.807, 2.05) is 35.0 Å². The molecule has 0 fully saturated rings. The van der Waals surface area contributed by atoms with Gasteiger partial charge in [0.05, 0.1) is 5.71 Å². The summed E-state index contributed by atoms with van der Waals surface area (Å²) in [6, 6.07) is 5.93. The number of fused-ring (bicyclic) bond motifs is 1. The lowest BCUT2D eigenvalue weighted by Crippen LogP contribution is -2.26. The van der Waals surface area contributed by atoms with E-state index in [-0.39, 0.29) is 0 Å². The van der Waals surface area contributed by atoms with E-state index in [4.69, 9.17) is 5.73 Å². The fraction of sp³-hybridized carbons (Fsp3) is 0.308. The molecule has 0 aromatic carbocycles. The van der Waals surface area contributed by atoms with Crippen molar-refractivity contribution in [3.05, 3.63) is 36.3 Å². The van der Waals surface area contributed by atoms with Gasteiger partial charge in [-0.05, 0) is 18.6 Å².